The van der Waals surface area contributed by atoms with Gasteiger partial charge >= 0.3 is 0 Å². The van der Waals surface area contributed by atoms with E-state index >= 15 is 0 Å². The molecule has 0 radical (unpaired) electrons. The number of benzene rings is 4. The van der Waals surface area contributed by atoms with Crippen molar-refractivity contribution < 1.29 is 9.13 Å². The highest BCUT2D eigenvalue weighted by molar-refractivity contribution is 14.1. The van der Waals surface area contributed by atoms with Crippen LogP contribution in [0.5, 0.6) is 5.75 Å². The summed E-state index contributed by atoms with van der Waals surface area (Å²) in [6.45, 7) is 0.0844. The quantitative estimate of drug-likeness (QED) is 0.168. The first-order valence-electron chi connectivity index (χ1n) is 13.6. The van der Waals surface area contributed by atoms with E-state index < -0.39 is 0 Å². The van der Waals surface area contributed by atoms with E-state index in [1.807, 2.05) is 34.9 Å². The van der Waals surface area contributed by atoms with E-state index in [-0.39, 0.29) is 24.0 Å². The van der Waals surface area contributed by atoms with Crippen molar-refractivity contribution in [3.8, 4) is 5.75 Å². The lowest BCUT2D eigenvalue weighted by atomic mass is 9.83. The van der Waals surface area contributed by atoms with Crippen LogP contribution >= 0.6 is 72.4 Å². The molecule has 0 saturated carbocycles. The molecule has 1 atom stereocenters. The lowest BCUT2D eigenvalue weighted by molar-refractivity contribution is 0.297. The number of aromatic nitrogens is 1. The van der Waals surface area contributed by atoms with E-state index in [2.05, 4.69) is 97.5 Å². The molecule has 0 bridgehead atoms. The molecule has 5 aromatic rings. The Morgan fingerprint density at radius 3 is 2.60 bits per heavy atom. The lowest BCUT2D eigenvalue weighted by Crippen LogP contribution is -2.38. The summed E-state index contributed by atoms with van der Waals surface area (Å²) in [6, 6.07) is 27.0. The summed E-state index contributed by atoms with van der Waals surface area (Å²) in [5.41, 5.74) is 6.77. The molecule has 2 aliphatic rings. The van der Waals surface area contributed by atoms with E-state index in [0.717, 1.165) is 52.4 Å². The van der Waals surface area contributed by atoms with Gasteiger partial charge < -0.3 is 4.74 Å². The van der Waals surface area contributed by atoms with Gasteiger partial charge in [0.05, 0.1) is 19.8 Å². The number of thiazole rings is 1. The molecular formula is C34H22BrFI2N2O2S. The molecular weight excluding hydrogens is 853 g/mol. The van der Waals surface area contributed by atoms with Crippen molar-refractivity contribution in [3.63, 3.8) is 0 Å². The number of hydrogen-bond donors (Lipinski definition) is 0. The third-order valence-electron chi connectivity index (χ3n) is 7.71. The van der Waals surface area contributed by atoms with Gasteiger partial charge in [0, 0.05) is 24.7 Å². The Labute approximate surface area is 287 Å². The number of aryl methyl sites for hydroxylation is 1. The van der Waals surface area contributed by atoms with Crippen LogP contribution < -0.4 is 19.6 Å². The molecule has 214 valence electrons. The third kappa shape index (κ3) is 5.57. The molecule has 4 aromatic carbocycles. The maximum absolute atomic E-state index is 14.4. The van der Waals surface area contributed by atoms with E-state index in [4.69, 9.17) is 9.73 Å². The van der Waals surface area contributed by atoms with Crippen LogP contribution in [0.2, 0.25) is 0 Å². The Kier molecular flexibility index (Phi) is 8.17. The monoisotopic (exact) mass is 874 g/mol. The van der Waals surface area contributed by atoms with Gasteiger partial charge in [-0.05, 0) is 111 Å². The van der Waals surface area contributed by atoms with Crippen LogP contribution in [0.3, 0.4) is 0 Å². The lowest BCUT2D eigenvalue weighted by Gasteiger charge is -2.30. The second-order valence-corrected chi connectivity index (χ2v) is 14.7. The van der Waals surface area contributed by atoms with E-state index in [1.54, 1.807) is 18.2 Å². The zero-order chi connectivity index (χ0) is 29.7. The molecule has 9 heteroatoms. The minimum Gasteiger partial charge on any atom is -0.487 e. The summed E-state index contributed by atoms with van der Waals surface area (Å²) in [7, 11) is 0. The highest BCUT2D eigenvalue weighted by atomic mass is 127. The molecule has 7 rings (SSSR count). The van der Waals surface area contributed by atoms with E-state index in [0.29, 0.717) is 20.6 Å². The number of halogens is 4. The Morgan fingerprint density at radius 2 is 1.79 bits per heavy atom. The SMILES string of the molecule is O=c1/c(=C\c2cc(I)cc(I)c2OCc2ccccc2F)sc2n1[C@@H](c1ccc(Br)cc1)C1=C(N=2)c2ccccc2CC1. The second kappa shape index (κ2) is 12.1. The topological polar surface area (TPSA) is 43.6 Å². The van der Waals surface area contributed by atoms with Gasteiger partial charge in [0.1, 0.15) is 18.2 Å². The van der Waals surface area contributed by atoms with Crippen molar-refractivity contribution in [2.24, 2.45) is 4.99 Å². The van der Waals surface area contributed by atoms with Crippen LogP contribution in [-0.2, 0) is 13.0 Å². The predicted molar refractivity (Wildman–Crippen MR) is 189 cm³/mol. The Morgan fingerprint density at radius 1 is 1.02 bits per heavy atom. The number of fused-ring (bicyclic) bond motifs is 3. The van der Waals surface area contributed by atoms with Crippen molar-refractivity contribution in [3.05, 3.63) is 155 Å². The minimum absolute atomic E-state index is 0.0844. The fourth-order valence-electron chi connectivity index (χ4n) is 5.71. The zero-order valence-electron chi connectivity index (χ0n) is 22.5. The fourth-order valence-corrected chi connectivity index (χ4v) is 9.02. The third-order valence-corrected chi connectivity index (χ3v) is 10.6. The first-order valence-corrected chi connectivity index (χ1v) is 17.4. The molecule has 2 heterocycles. The molecule has 0 N–H and O–H groups in total. The van der Waals surface area contributed by atoms with Crippen LogP contribution in [-0.4, -0.2) is 4.57 Å². The highest BCUT2D eigenvalue weighted by Gasteiger charge is 2.32. The normalized spacial score (nSPS) is 15.9. The average molecular weight is 875 g/mol. The van der Waals surface area contributed by atoms with Crippen molar-refractivity contribution in [2.75, 3.05) is 0 Å². The molecule has 0 spiro atoms. The van der Waals surface area contributed by atoms with Crippen LogP contribution in [0.15, 0.2) is 105 Å². The van der Waals surface area contributed by atoms with Gasteiger partial charge in [-0.15, -0.1) is 0 Å². The summed E-state index contributed by atoms with van der Waals surface area (Å²) in [4.78, 5) is 20.0. The first kappa shape index (κ1) is 29.1. The van der Waals surface area contributed by atoms with Crippen molar-refractivity contribution in [1.29, 1.82) is 0 Å². The molecule has 0 amide bonds. The number of hydrogen-bond acceptors (Lipinski definition) is 4. The second-order valence-electron chi connectivity index (χ2n) is 10.4. The van der Waals surface area contributed by atoms with Crippen molar-refractivity contribution >= 4 is 84.2 Å². The minimum atomic E-state index is -0.309. The molecule has 1 aliphatic heterocycles. The maximum Gasteiger partial charge on any atom is 0.271 e. The van der Waals surface area contributed by atoms with Gasteiger partial charge in [0.15, 0.2) is 4.80 Å². The summed E-state index contributed by atoms with van der Waals surface area (Å²) in [6.07, 6.45) is 3.63. The number of ether oxygens (including phenoxy) is 1. The summed E-state index contributed by atoms with van der Waals surface area (Å²) in [5.74, 6) is 0.309. The molecule has 0 fully saturated rings. The Balaban J connectivity index is 1.39. The van der Waals surface area contributed by atoms with E-state index in [1.165, 1.54) is 23.0 Å². The first-order chi connectivity index (χ1) is 20.9. The molecule has 1 aliphatic carbocycles. The fraction of sp³-hybridized carbons (Fsp3) is 0.118. The Bertz CT molecular complexity index is 2120. The molecule has 4 nitrogen and oxygen atoms in total. The number of allylic oxidation sites excluding steroid dienone is 1. The standard InChI is InChI=1S/C34H22BrFI2N2O2S/c35-23-12-9-20(10-13-23)31-26-14-11-19-5-1-3-7-25(19)30(26)39-34-40(31)33(41)29(43-34)16-22-15-24(37)17-28(38)32(22)42-18-21-6-2-4-8-27(21)36/h1-10,12-13,15-17,31H,11,14,18H2/b29-16+/t31-/m0/s1. The van der Waals surface area contributed by atoms with Gasteiger partial charge in [0.25, 0.3) is 5.56 Å². The van der Waals surface area contributed by atoms with Gasteiger partial charge in [-0.2, -0.15) is 0 Å². The smallest absolute Gasteiger partial charge is 0.271 e. The number of rotatable bonds is 5. The molecule has 1 aromatic heterocycles. The highest BCUT2D eigenvalue weighted by Crippen LogP contribution is 2.41. The molecule has 0 unspecified atom stereocenters. The summed E-state index contributed by atoms with van der Waals surface area (Å²) >= 11 is 9.45. The Hall–Kier alpha value is -2.61. The largest absolute Gasteiger partial charge is 0.487 e. The molecule has 0 saturated heterocycles. The van der Waals surface area contributed by atoms with Crippen LogP contribution in [0, 0.1) is 13.0 Å². The van der Waals surface area contributed by atoms with Crippen LogP contribution in [0.4, 0.5) is 4.39 Å². The van der Waals surface area contributed by atoms with E-state index in [9.17, 15) is 9.18 Å². The maximum atomic E-state index is 14.4. The zero-order valence-corrected chi connectivity index (χ0v) is 29.2. The average Bonchev–Trinajstić information content (AvgIpc) is 3.31. The van der Waals surface area contributed by atoms with Crippen molar-refractivity contribution in [2.45, 2.75) is 25.5 Å². The number of nitrogens with zero attached hydrogens (tertiary/aromatic N) is 2. The molecule has 43 heavy (non-hydrogen) atoms. The van der Waals surface area contributed by atoms with Crippen LogP contribution in [0.1, 0.15) is 40.3 Å². The van der Waals surface area contributed by atoms with Gasteiger partial charge in [-0.3, -0.25) is 9.36 Å². The van der Waals surface area contributed by atoms with Gasteiger partial charge in [-0.25, -0.2) is 9.38 Å². The van der Waals surface area contributed by atoms with Gasteiger partial charge in [0.2, 0.25) is 0 Å². The predicted octanol–water partition coefficient (Wildman–Crippen LogP) is 8.01. The van der Waals surface area contributed by atoms with Gasteiger partial charge in [-0.1, -0.05) is 81.9 Å². The summed E-state index contributed by atoms with van der Waals surface area (Å²) < 4.78 is 25.9. The van der Waals surface area contributed by atoms with Crippen LogP contribution in [0.25, 0.3) is 11.8 Å². The summed E-state index contributed by atoms with van der Waals surface area (Å²) in [5, 5.41) is 0. The van der Waals surface area contributed by atoms with Crippen molar-refractivity contribution in [1.82, 2.24) is 4.57 Å².